The van der Waals surface area contributed by atoms with Crippen LogP contribution in [-0.4, -0.2) is 36.6 Å². The monoisotopic (exact) mass is 328 g/mol. The average molecular weight is 328 g/mol. The molecule has 0 fully saturated rings. The van der Waals surface area contributed by atoms with Crippen LogP contribution in [0.2, 0.25) is 0 Å². The van der Waals surface area contributed by atoms with E-state index >= 15 is 0 Å². The van der Waals surface area contributed by atoms with Crippen molar-refractivity contribution in [1.82, 2.24) is 9.88 Å². The first kappa shape index (κ1) is 16.0. The molecule has 2 aromatic heterocycles. The number of benzene rings is 1. The van der Waals surface area contributed by atoms with Gasteiger partial charge in [0.1, 0.15) is 23.0 Å². The summed E-state index contributed by atoms with van der Waals surface area (Å²) >= 11 is 0. The molecule has 0 aliphatic heterocycles. The highest BCUT2D eigenvalue weighted by atomic mass is 16.5. The van der Waals surface area contributed by atoms with Crippen LogP contribution in [0, 0.1) is 0 Å². The third-order valence-electron chi connectivity index (χ3n) is 3.95. The zero-order valence-corrected chi connectivity index (χ0v) is 14.0. The number of fused-ring (bicyclic) bond motifs is 1. The summed E-state index contributed by atoms with van der Waals surface area (Å²) in [5.41, 5.74) is 1.28. The Bertz CT molecular complexity index is 836. The first-order valence-corrected chi connectivity index (χ1v) is 7.72. The van der Waals surface area contributed by atoms with Gasteiger partial charge in [0.05, 0.1) is 32.5 Å². The molecule has 0 bridgehead atoms. The van der Waals surface area contributed by atoms with E-state index in [1.54, 1.807) is 31.4 Å². The summed E-state index contributed by atoms with van der Waals surface area (Å²) < 4.78 is 16.0. The van der Waals surface area contributed by atoms with Gasteiger partial charge in [-0.25, -0.2) is 0 Å². The Hall–Kier alpha value is -2.89. The molecule has 1 N–H and O–H groups in total. The Morgan fingerprint density at radius 3 is 2.71 bits per heavy atom. The number of hydrogen-bond donors (Lipinski definition) is 1. The number of nitrogens with one attached hydrogen (secondary N) is 1. The Morgan fingerprint density at radius 1 is 1.25 bits per heavy atom. The van der Waals surface area contributed by atoms with Crippen molar-refractivity contribution in [1.29, 1.82) is 0 Å². The fourth-order valence-electron chi connectivity index (χ4n) is 2.67. The molecule has 1 amide bonds. The van der Waals surface area contributed by atoms with E-state index in [0.717, 1.165) is 16.7 Å². The molecule has 0 saturated carbocycles. The number of amides is 1. The number of nitrogens with zero attached hydrogens (tertiary/aromatic N) is 1. The lowest BCUT2D eigenvalue weighted by Gasteiger charge is -2.18. The van der Waals surface area contributed by atoms with E-state index in [4.69, 9.17) is 13.9 Å². The minimum Gasteiger partial charge on any atom is -0.497 e. The molecule has 0 spiro atoms. The number of methoxy groups -OCH3 is 2. The van der Waals surface area contributed by atoms with Crippen molar-refractivity contribution in [2.75, 3.05) is 20.8 Å². The summed E-state index contributed by atoms with van der Waals surface area (Å²) in [6.07, 6.45) is 1.60. The van der Waals surface area contributed by atoms with Crippen LogP contribution in [0.3, 0.4) is 0 Å². The summed E-state index contributed by atoms with van der Waals surface area (Å²) in [7, 11) is 3.19. The summed E-state index contributed by atoms with van der Waals surface area (Å²) in [5.74, 6) is 1.98. The number of aromatic amines is 1. The van der Waals surface area contributed by atoms with E-state index in [9.17, 15) is 4.79 Å². The van der Waals surface area contributed by atoms with Crippen molar-refractivity contribution in [3.8, 4) is 11.5 Å². The van der Waals surface area contributed by atoms with Crippen molar-refractivity contribution in [2.45, 2.75) is 13.5 Å². The maximum Gasteiger partial charge on any atom is 0.270 e. The quantitative estimate of drug-likeness (QED) is 0.752. The number of aromatic nitrogens is 1. The lowest BCUT2D eigenvalue weighted by Crippen LogP contribution is -2.30. The minimum atomic E-state index is -0.0916. The fourth-order valence-corrected chi connectivity index (χ4v) is 2.67. The van der Waals surface area contributed by atoms with Crippen molar-refractivity contribution < 1.29 is 18.7 Å². The van der Waals surface area contributed by atoms with E-state index in [1.165, 1.54) is 0 Å². The number of ether oxygens (including phenoxy) is 2. The van der Waals surface area contributed by atoms with Gasteiger partial charge in [0.2, 0.25) is 0 Å². The number of rotatable bonds is 6. The van der Waals surface area contributed by atoms with Crippen molar-refractivity contribution >= 4 is 16.8 Å². The van der Waals surface area contributed by atoms with Gasteiger partial charge in [-0.05, 0) is 31.2 Å². The van der Waals surface area contributed by atoms with E-state index in [0.29, 0.717) is 30.3 Å². The molecule has 1 aromatic carbocycles. The van der Waals surface area contributed by atoms with Crippen LogP contribution in [-0.2, 0) is 6.54 Å². The molecular formula is C18H20N2O4. The molecule has 24 heavy (non-hydrogen) atoms. The smallest absolute Gasteiger partial charge is 0.270 e. The molecule has 126 valence electrons. The lowest BCUT2D eigenvalue weighted by molar-refractivity contribution is 0.0736. The molecule has 0 radical (unpaired) electrons. The second-order valence-corrected chi connectivity index (χ2v) is 5.38. The summed E-state index contributed by atoms with van der Waals surface area (Å²) in [6, 6.07) is 9.14. The summed E-state index contributed by atoms with van der Waals surface area (Å²) in [4.78, 5) is 17.7. The molecule has 6 heteroatoms. The second-order valence-electron chi connectivity index (χ2n) is 5.38. The first-order chi connectivity index (χ1) is 11.7. The van der Waals surface area contributed by atoms with E-state index in [1.807, 2.05) is 31.2 Å². The van der Waals surface area contributed by atoms with E-state index < -0.39 is 0 Å². The Labute approximate surface area is 140 Å². The Kier molecular flexibility index (Phi) is 4.46. The van der Waals surface area contributed by atoms with Crippen LogP contribution in [0.25, 0.3) is 10.9 Å². The van der Waals surface area contributed by atoms with E-state index in [2.05, 4.69) is 4.98 Å². The van der Waals surface area contributed by atoms with E-state index in [-0.39, 0.29) is 5.91 Å². The Morgan fingerprint density at radius 2 is 2.08 bits per heavy atom. The van der Waals surface area contributed by atoms with Gasteiger partial charge in [-0.2, -0.15) is 0 Å². The fraction of sp³-hybridized carbons (Fsp3) is 0.278. The van der Waals surface area contributed by atoms with Gasteiger partial charge in [0.25, 0.3) is 5.91 Å². The van der Waals surface area contributed by atoms with Crippen LogP contribution >= 0.6 is 0 Å². The SMILES string of the molecule is CCN(Cc1ccco1)C(=O)c1cc2cc(OC)cc(OC)c2[nH]1. The zero-order valence-electron chi connectivity index (χ0n) is 14.0. The summed E-state index contributed by atoms with van der Waals surface area (Å²) in [6.45, 7) is 2.95. The van der Waals surface area contributed by atoms with Gasteiger partial charge in [-0.3, -0.25) is 4.79 Å². The molecular weight excluding hydrogens is 308 g/mol. The average Bonchev–Trinajstić information content (AvgIpc) is 3.27. The van der Waals surface area contributed by atoms with Gasteiger partial charge in [-0.15, -0.1) is 0 Å². The second kappa shape index (κ2) is 6.70. The number of carbonyl (C=O) groups is 1. The minimum absolute atomic E-state index is 0.0916. The van der Waals surface area contributed by atoms with Gasteiger partial charge >= 0.3 is 0 Å². The highest BCUT2D eigenvalue weighted by Crippen LogP contribution is 2.31. The van der Waals surface area contributed by atoms with Gasteiger partial charge in [0, 0.05) is 18.0 Å². The highest BCUT2D eigenvalue weighted by Gasteiger charge is 2.19. The number of hydrogen-bond acceptors (Lipinski definition) is 4. The molecule has 6 nitrogen and oxygen atoms in total. The summed E-state index contributed by atoms with van der Waals surface area (Å²) in [5, 5.41) is 0.864. The molecule has 3 aromatic rings. The van der Waals surface area contributed by atoms with Crippen LogP contribution < -0.4 is 9.47 Å². The van der Waals surface area contributed by atoms with Crippen LogP contribution in [0.5, 0.6) is 11.5 Å². The zero-order chi connectivity index (χ0) is 17.1. The van der Waals surface area contributed by atoms with Crippen molar-refractivity contribution in [2.24, 2.45) is 0 Å². The van der Waals surface area contributed by atoms with Crippen LogP contribution in [0.4, 0.5) is 0 Å². The highest BCUT2D eigenvalue weighted by molar-refractivity contribution is 5.99. The third kappa shape index (κ3) is 2.95. The maximum atomic E-state index is 12.8. The number of H-pyrrole nitrogens is 1. The van der Waals surface area contributed by atoms with Gasteiger partial charge in [0.15, 0.2) is 0 Å². The molecule has 2 heterocycles. The van der Waals surface area contributed by atoms with Gasteiger partial charge in [-0.1, -0.05) is 0 Å². The lowest BCUT2D eigenvalue weighted by atomic mass is 10.2. The largest absolute Gasteiger partial charge is 0.497 e. The van der Waals surface area contributed by atoms with Crippen molar-refractivity contribution in [3.63, 3.8) is 0 Å². The molecule has 0 unspecified atom stereocenters. The predicted octanol–water partition coefficient (Wildman–Crippen LogP) is 3.44. The van der Waals surface area contributed by atoms with Crippen LogP contribution in [0.1, 0.15) is 23.2 Å². The van der Waals surface area contributed by atoms with Crippen LogP contribution in [0.15, 0.2) is 41.0 Å². The first-order valence-electron chi connectivity index (χ1n) is 7.72. The normalized spacial score (nSPS) is 10.8. The topological polar surface area (TPSA) is 67.7 Å². The Balaban J connectivity index is 1.94. The third-order valence-corrected chi connectivity index (χ3v) is 3.95. The predicted molar refractivity (Wildman–Crippen MR) is 90.5 cm³/mol. The maximum absolute atomic E-state index is 12.8. The number of furan rings is 1. The number of carbonyl (C=O) groups excluding carboxylic acids is 1. The molecule has 0 aliphatic rings. The van der Waals surface area contributed by atoms with Crippen molar-refractivity contribution in [3.05, 3.63) is 48.0 Å². The molecule has 3 rings (SSSR count). The van der Waals surface area contributed by atoms with Gasteiger partial charge < -0.3 is 23.8 Å². The standard InChI is InChI=1S/C18H20N2O4/c1-4-20(11-13-6-5-7-24-13)18(21)15-9-12-8-14(22-2)10-16(23-3)17(12)19-15/h5-10,19H,4,11H2,1-3H3. The molecule has 0 atom stereocenters. The molecule has 0 saturated heterocycles. The molecule has 0 aliphatic carbocycles.